The largest absolute Gasteiger partial charge is 0.490 e. The number of hydrogen-bond acceptors (Lipinski definition) is 4. The SMILES string of the molecule is Cc1cc(=O)n(-c2ccc(N3CCC(Oc4cccc5[nH]ccc45)CC3)c(Cl)c2)c(C)n1. The predicted octanol–water partition coefficient (Wildman–Crippen LogP) is 5.03. The van der Waals surface area contributed by atoms with E-state index in [2.05, 4.69) is 27.0 Å². The minimum Gasteiger partial charge on any atom is -0.490 e. The number of nitrogens with zero attached hydrogens (tertiary/aromatic N) is 3. The lowest BCUT2D eigenvalue weighted by Gasteiger charge is -2.34. The molecule has 0 spiro atoms. The monoisotopic (exact) mass is 448 g/mol. The third-order valence-corrected chi connectivity index (χ3v) is 6.34. The summed E-state index contributed by atoms with van der Waals surface area (Å²) in [6.45, 7) is 5.37. The first-order valence-corrected chi connectivity index (χ1v) is 11.2. The number of ether oxygens (including phenoxy) is 1. The van der Waals surface area contributed by atoms with Crippen molar-refractivity contribution in [2.45, 2.75) is 32.8 Å². The van der Waals surface area contributed by atoms with Gasteiger partial charge in [0.05, 0.1) is 16.4 Å². The summed E-state index contributed by atoms with van der Waals surface area (Å²) in [5, 5.41) is 1.75. The summed E-state index contributed by atoms with van der Waals surface area (Å²) in [5.74, 6) is 1.58. The maximum atomic E-state index is 12.5. The molecule has 0 saturated carbocycles. The van der Waals surface area contributed by atoms with E-state index >= 15 is 0 Å². The highest BCUT2D eigenvalue weighted by atomic mass is 35.5. The smallest absolute Gasteiger partial charge is 0.258 e. The molecule has 164 valence electrons. The van der Waals surface area contributed by atoms with Crippen LogP contribution in [-0.2, 0) is 0 Å². The van der Waals surface area contributed by atoms with Gasteiger partial charge in [-0.15, -0.1) is 0 Å². The Kier molecular flexibility index (Phi) is 5.39. The summed E-state index contributed by atoms with van der Waals surface area (Å²) in [4.78, 5) is 22.4. The summed E-state index contributed by atoms with van der Waals surface area (Å²) < 4.78 is 7.92. The number of nitrogens with one attached hydrogen (secondary N) is 1. The number of aromatic nitrogens is 3. The van der Waals surface area contributed by atoms with Crippen LogP contribution in [0.2, 0.25) is 5.02 Å². The van der Waals surface area contributed by atoms with Gasteiger partial charge >= 0.3 is 0 Å². The molecule has 1 N–H and O–H groups in total. The lowest BCUT2D eigenvalue weighted by atomic mass is 10.1. The molecule has 0 unspecified atom stereocenters. The highest BCUT2D eigenvalue weighted by Gasteiger charge is 2.23. The maximum Gasteiger partial charge on any atom is 0.258 e. The normalized spacial score (nSPS) is 14.8. The second-order valence-electron chi connectivity index (χ2n) is 8.25. The summed E-state index contributed by atoms with van der Waals surface area (Å²) in [6, 6.07) is 15.5. The van der Waals surface area contributed by atoms with Crippen LogP contribution in [0.1, 0.15) is 24.4 Å². The molecule has 2 aromatic heterocycles. The van der Waals surface area contributed by atoms with Crippen molar-refractivity contribution in [2.24, 2.45) is 0 Å². The minimum absolute atomic E-state index is 0.103. The van der Waals surface area contributed by atoms with Gasteiger partial charge in [-0.1, -0.05) is 17.7 Å². The second-order valence-corrected chi connectivity index (χ2v) is 8.66. The molecule has 2 aromatic carbocycles. The maximum absolute atomic E-state index is 12.5. The minimum atomic E-state index is -0.103. The molecule has 3 heterocycles. The molecule has 0 aliphatic carbocycles. The van der Waals surface area contributed by atoms with Gasteiger partial charge in [-0.25, -0.2) is 4.98 Å². The lowest BCUT2D eigenvalue weighted by Crippen LogP contribution is -2.38. The molecular weight excluding hydrogens is 424 g/mol. The summed E-state index contributed by atoms with van der Waals surface area (Å²) in [7, 11) is 0. The number of fused-ring (bicyclic) bond motifs is 1. The zero-order chi connectivity index (χ0) is 22.2. The van der Waals surface area contributed by atoms with Crippen molar-refractivity contribution in [1.29, 1.82) is 0 Å². The van der Waals surface area contributed by atoms with Gasteiger partial charge in [0.15, 0.2) is 0 Å². The fourth-order valence-electron chi connectivity index (χ4n) is 4.50. The number of benzene rings is 2. The van der Waals surface area contributed by atoms with Crippen molar-refractivity contribution in [2.75, 3.05) is 18.0 Å². The van der Waals surface area contributed by atoms with Crippen molar-refractivity contribution < 1.29 is 4.74 Å². The van der Waals surface area contributed by atoms with Gasteiger partial charge in [-0.05, 0) is 50.2 Å². The zero-order valence-corrected chi connectivity index (χ0v) is 18.9. The van der Waals surface area contributed by atoms with Gasteiger partial charge in [0.1, 0.15) is 17.7 Å². The number of aromatic amines is 1. The Hall–Kier alpha value is -3.25. The van der Waals surface area contributed by atoms with Crippen molar-refractivity contribution in [3.63, 3.8) is 0 Å². The van der Waals surface area contributed by atoms with E-state index in [-0.39, 0.29) is 11.7 Å². The Morgan fingerprint density at radius 1 is 1.09 bits per heavy atom. The first-order chi connectivity index (χ1) is 15.5. The van der Waals surface area contributed by atoms with Crippen molar-refractivity contribution in [1.82, 2.24) is 14.5 Å². The van der Waals surface area contributed by atoms with Crippen LogP contribution in [0, 0.1) is 13.8 Å². The van der Waals surface area contributed by atoms with Gasteiger partial charge in [0, 0.05) is 54.8 Å². The highest BCUT2D eigenvalue weighted by molar-refractivity contribution is 6.33. The first kappa shape index (κ1) is 20.6. The van der Waals surface area contributed by atoms with Crippen molar-refractivity contribution in [3.05, 3.63) is 81.6 Å². The van der Waals surface area contributed by atoms with Crippen LogP contribution in [0.25, 0.3) is 16.6 Å². The Morgan fingerprint density at radius 2 is 1.91 bits per heavy atom. The van der Waals surface area contributed by atoms with E-state index in [1.165, 1.54) is 6.07 Å². The Bertz CT molecular complexity index is 1340. The molecular formula is C25H25ClN4O2. The summed E-state index contributed by atoms with van der Waals surface area (Å²) >= 11 is 6.66. The number of halogens is 1. The molecule has 32 heavy (non-hydrogen) atoms. The van der Waals surface area contributed by atoms with E-state index in [4.69, 9.17) is 16.3 Å². The second kappa shape index (κ2) is 8.36. The molecule has 1 aliphatic rings. The zero-order valence-electron chi connectivity index (χ0n) is 18.1. The molecule has 6 nitrogen and oxygen atoms in total. The average Bonchev–Trinajstić information content (AvgIpc) is 3.24. The van der Waals surface area contributed by atoms with E-state index in [9.17, 15) is 4.79 Å². The number of rotatable bonds is 4. The Balaban J connectivity index is 1.30. The molecule has 1 saturated heterocycles. The summed E-state index contributed by atoms with van der Waals surface area (Å²) in [5.41, 5.74) is 3.40. The van der Waals surface area contributed by atoms with Crippen LogP contribution >= 0.6 is 11.6 Å². The van der Waals surface area contributed by atoms with Gasteiger partial charge in [0.25, 0.3) is 5.56 Å². The number of H-pyrrole nitrogens is 1. The molecule has 5 rings (SSSR count). The first-order valence-electron chi connectivity index (χ1n) is 10.8. The fraction of sp³-hybridized carbons (Fsp3) is 0.280. The van der Waals surface area contributed by atoms with Gasteiger partial charge in [0.2, 0.25) is 0 Å². The van der Waals surface area contributed by atoms with Crippen LogP contribution in [0.4, 0.5) is 5.69 Å². The topological polar surface area (TPSA) is 63.1 Å². The van der Waals surface area contributed by atoms with Gasteiger partial charge in [-0.2, -0.15) is 0 Å². The molecule has 0 amide bonds. The number of aryl methyl sites for hydroxylation is 2. The van der Waals surface area contributed by atoms with E-state index in [1.54, 1.807) is 4.57 Å². The number of anilines is 1. The third-order valence-electron chi connectivity index (χ3n) is 6.04. The molecule has 0 bridgehead atoms. The molecule has 7 heteroatoms. The number of piperidine rings is 1. The van der Waals surface area contributed by atoms with Crippen LogP contribution in [0.15, 0.2) is 59.5 Å². The van der Waals surface area contributed by atoms with E-state index in [0.717, 1.165) is 54.0 Å². The summed E-state index contributed by atoms with van der Waals surface area (Å²) in [6.07, 6.45) is 3.94. The predicted molar refractivity (Wildman–Crippen MR) is 128 cm³/mol. The van der Waals surface area contributed by atoms with E-state index in [1.807, 2.05) is 50.4 Å². The molecule has 4 aromatic rings. The molecule has 1 fully saturated rings. The molecule has 0 atom stereocenters. The quantitative estimate of drug-likeness (QED) is 0.475. The van der Waals surface area contributed by atoms with Crippen LogP contribution < -0.4 is 15.2 Å². The van der Waals surface area contributed by atoms with Crippen molar-refractivity contribution in [3.8, 4) is 11.4 Å². The van der Waals surface area contributed by atoms with Crippen molar-refractivity contribution >= 4 is 28.2 Å². The Morgan fingerprint density at radius 3 is 2.66 bits per heavy atom. The van der Waals surface area contributed by atoms with Crippen LogP contribution in [0.3, 0.4) is 0 Å². The third kappa shape index (κ3) is 3.86. The molecule has 0 radical (unpaired) electrons. The molecule has 1 aliphatic heterocycles. The van der Waals surface area contributed by atoms with Crippen LogP contribution in [0.5, 0.6) is 5.75 Å². The van der Waals surface area contributed by atoms with Gasteiger partial charge in [-0.3, -0.25) is 9.36 Å². The van der Waals surface area contributed by atoms with E-state index in [0.29, 0.717) is 16.5 Å². The standard InChI is InChI=1S/C25H25ClN4O2/c1-16-14-25(31)30(17(2)28-16)18-6-7-23(21(26)15-18)29-12-9-19(10-13-29)32-24-5-3-4-22-20(24)8-11-27-22/h3-8,11,14-15,19,27H,9-10,12-13H2,1-2H3. The average molecular weight is 449 g/mol. The van der Waals surface area contributed by atoms with Crippen LogP contribution in [-0.4, -0.2) is 33.7 Å². The number of hydrogen-bond donors (Lipinski definition) is 1. The van der Waals surface area contributed by atoms with E-state index < -0.39 is 0 Å². The Labute approximate surface area is 191 Å². The highest BCUT2D eigenvalue weighted by Crippen LogP contribution is 2.32. The fourth-order valence-corrected chi connectivity index (χ4v) is 4.79. The lowest BCUT2D eigenvalue weighted by molar-refractivity contribution is 0.173. The van der Waals surface area contributed by atoms with Gasteiger partial charge < -0.3 is 14.6 Å².